The summed E-state index contributed by atoms with van der Waals surface area (Å²) >= 11 is 0. The van der Waals surface area contributed by atoms with Gasteiger partial charge in [0.25, 0.3) is 5.91 Å². The molecule has 2 N–H and O–H groups in total. The van der Waals surface area contributed by atoms with Crippen molar-refractivity contribution in [1.82, 2.24) is 5.32 Å². The number of carboxylic acid groups (broad SMARTS) is 1. The van der Waals surface area contributed by atoms with E-state index in [1.165, 1.54) is 12.1 Å². The predicted octanol–water partition coefficient (Wildman–Crippen LogP) is 6.83. The highest BCUT2D eigenvalue weighted by Crippen LogP contribution is 2.32. The van der Waals surface area contributed by atoms with Crippen molar-refractivity contribution in [3.05, 3.63) is 125 Å². The van der Waals surface area contributed by atoms with Crippen molar-refractivity contribution in [2.45, 2.75) is 25.1 Å². The van der Waals surface area contributed by atoms with Crippen LogP contribution in [0.3, 0.4) is 0 Å². The zero-order valence-corrected chi connectivity index (χ0v) is 20.8. The fourth-order valence-electron chi connectivity index (χ4n) is 4.31. The zero-order chi connectivity index (χ0) is 27.8. The summed E-state index contributed by atoms with van der Waals surface area (Å²) in [5.74, 6) is -1.60. The van der Waals surface area contributed by atoms with E-state index < -0.39 is 12.3 Å². The molecule has 5 nitrogen and oxygen atoms in total. The van der Waals surface area contributed by atoms with Gasteiger partial charge in [-0.25, -0.2) is 0 Å². The molecule has 0 aromatic heterocycles. The molecule has 8 heteroatoms. The largest absolute Gasteiger partial charge is 0.573 e. The number of alkyl halides is 3. The van der Waals surface area contributed by atoms with Gasteiger partial charge in [0.05, 0.1) is 6.42 Å². The number of carboxylic acids is 1. The van der Waals surface area contributed by atoms with Crippen molar-refractivity contribution < 1.29 is 32.6 Å². The summed E-state index contributed by atoms with van der Waals surface area (Å²) in [5, 5.41) is 11.3. The molecule has 4 aromatic carbocycles. The van der Waals surface area contributed by atoms with Gasteiger partial charge in [-0.3, -0.25) is 9.59 Å². The van der Waals surface area contributed by atoms with E-state index in [4.69, 9.17) is 5.11 Å². The Labute approximate surface area is 223 Å². The number of ether oxygens (including phenoxy) is 1. The molecule has 0 radical (unpaired) electrons. The van der Waals surface area contributed by atoms with Crippen LogP contribution < -0.4 is 10.1 Å². The van der Waals surface area contributed by atoms with Gasteiger partial charge in [0.1, 0.15) is 5.75 Å². The number of nitrogens with one attached hydrogen (secondary N) is 1. The van der Waals surface area contributed by atoms with Gasteiger partial charge in [0.2, 0.25) is 0 Å². The molecule has 0 bridgehead atoms. The van der Waals surface area contributed by atoms with Crippen LogP contribution in [-0.4, -0.2) is 29.9 Å². The molecule has 0 fully saturated rings. The van der Waals surface area contributed by atoms with Crippen molar-refractivity contribution in [2.75, 3.05) is 6.54 Å². The summed E-state index contributed by atoms with van der Waals surface area (Å²) in [6.07, 6.45) is -4.24. The first-order valence-electron chi connectivity index (χ1n) is 12.3. The number of benzene rings is 4. The topological polar surface area (TPSA) is 75.6 Å². The van der Waals surface area contributed by atoms with Crippen LogP contribution in [0.15, 0.2) is 103 Å². The van der Waals surface area contributed by atoms with Crippen molar-refractivity contribution in [3.63, 3.8) is 0 Å². The second kappa shape index (κ2) is 12.3. The Balaban J connectivity index is 1.55. The first-order chi connectivity index (χ1) is 18.7. The molecule has 0 aliphatic rings. The van der Waals surface area contributed by atoms with Crippen molar-refractivity contribution in [3.8, 4) is 16.9 Å². The zero-order valence-electron chi connectivity index (χ0n) is 20.8. The Hall–Kier alpha value is -4.59. The fraction of sp³-hybridized carbons (Fsp3) is 0.161. The van der Waals surface area contributed by atoms with Gasteiger partial charge in [-0.2, -0.15) is 0 Å². The maximum atomic E-state index is 12.5. The van der Waals surface area contributed by atoms with Gasteiger partial charge < -0.3 is 15.2 Å². The standard InChI is InChI=1S/C31H26F3NO4/c32-31(33,34)39-27-15-13-22(14-16-27)25-7-4-8-26(20-25)28(23-5-2-1-3-6-23)19-21-9-11-24(12-10-21)30(38)35-18-17-29(36)37/h1-16,20,28H,17-19H2,(H,35,38)(H,36,37). The van der Waals surface area contributed by atoms with Gasteiger partial charge in [-0.05, 0) is 58.5 Å². The molecular formula is C31H26F3NO4. The minimum atomic E-state index is -4.74. The molecule has 0 saturated carbocycles. The highest BCUT2D eigenvalue weighted by Gasteiger charge is 2.31. The van der Waals surface area contributed by atoms with Gasteiger partial charge in [0, 0.05) is 18.0 Å². The molecule has 39 heavy (non-hydrogen) atoms. The number of rotatable bonds is 10. The van der Waals surface area contributed by atoms with Crippen LogP contribution in [0.4, 0.5) is 13.2 Å². The summed E-state index contributed by atoms with van der Waals surface area (Å²) < 4.78 is 41.5. The third-order valence-electron chi connectivity index (χ3n) is 6.19. The number of hydrogen-bond acceptors (Lipinski definition) is 3. The van der Waals surface area contributed by atoms with Crippen LogP contribution >= 0.6 is 0 Å². The van der Waals surface area contributed by atoms with E-state index in [0.717, 1.165) is 27.8 Å². The van der Waals surface area contributed by atoms with E-state index in [2.05, 4.69) is 10.1 Å². The number of aliphatic carboxylic acids is 1. The molecule has 0 aliphatic heterocycles. The van der Waals surface area contributed by atoms with Crippen LogP contribution in [0.5, 0.6) is 5.75 Å². The lowest BCUT2D eigenvalue weighted by Gasteiger charge is -2.20. The number of carbonyl (C=O) groups is 2. The molecule has 4 rings (SSSR count). The summed E-state index contributed by atoms with van der Waals surface area (Å²) in [6.45, 7) is 0.0560. The fourth-order valence-corrected chi connectivity index (χ4v) is 4.31. The van der Waals surface area contributed by atoms with Crippen LogP contribution in [0.1, 0.15) is 39.4 Å². The summed E-state index contributed by atoms with van der Waals surface area (Å²) in [4.78, 5) is 23.0. The number of hydrogen-bond donors (Lipinski definition) is 2. The molecular weight excluding hydrogens is 507 g/mol. The van der Waals surface area contributed by atoms with E-state index in [-0.39, 0.29) is 30.5 Å². The van der Waals surface area contributed by atoms with Crippen LogP contribution in [0.25, 0.3) is 11.1 Å². The predicted molar refractivity (Wildman–Crippen MR) is 142 cm³/mol. The Morgan fingerprint density at radius 1 is 0.795 bits per heavy atom. The third kappa shape index (κ3) is 7.95. The average molecular weight is 534 g/mol. The SMILES string of the molecule is O=C(O)CCNC(=O)c1ccc(CC(c2ccccc2)c2cccc(-c3ccc(OC(F)(F)F)cc3)c2)cc1. The second-order valence-electron chi connectivity index (χ2n) is 8.96. The summed E-state index contributed by atoms with van der Waals surface area (Å²) in [6, 6.07) is 30.8. The van der Waals surface area contributed by atoms with Crippen molar-refractivity contribution in [1.29, 1.82) is 0 Å². The molecule has 0 aliphatic carbocycles. The van der Waals surface area contributed by atoms with Crippen molar-refractivity contribution in [2.24, 2.45) is 0 Å². The lowest BCUT2D eigenvalue weighted by Crippen LogP contribution is -2.25. The third-order valence-corrected chi connectivity index (χ3v) is 6.19. The number of halogens is 3. The van der Waals surface area contributed by atoms with Crippen molar-refractivity contribution >= 4 is 11.9 Å². The molecule has 1 amide bonds. The second-order valence-corrected chi connectivity index (χ2v) is 8.96. The minimum absolute atomic E-state index is 0.0192. The summed E-state index contributed by atoms with van der Waals surface area (Å²) in [5.41, 5.74) is 5.20. The molecule has 1 atom stereocenters. The van der Waals surface area contributed by atoms with E-state index in [9.17, 15) is 22.8 Å². The normalized spacial score (nSPS) is 12.0. The van der Waals surface area contributed by atoms with E-state index in [1.807, 2.05) is 66.7 Å². The molecule has 1 unspecified atom stereocenters. The van der Waals surface area contributed by atoms with Crippen LogP contribution in [-0.2, 0) is 11.2 Å². The number of carbonyl (C=O) groups excluding carboxylic acids is 1. The summed E-state index contributed by atoms with van der Waals surface area (Å²) in [7, 11) is 0. The first kappa shape index (κ1) is 27.4. The molecule has 4 aromatic rings. The van der Waals surface area contributed by atoms with Gasteiger partial charge in [-0.1, -0.05) is 78.9 Å². The molecule has 200 valence electrons. The molecule has 0 spiro atoms. The molecule has 0 saturated heterocycles. The monoisotopic (exact) mass is 533 g/mol. The highest BCUT2D eigenvalue weighted by molar-refractivity contribution is 5.94. The smallest absolute Gasteiger partial charge is 0.481 e. The lowest BCUT2D eigenvalue weighted by atomic mass is 9.84. The number of amides is 1. The quantitative estimate of drug-likeness (QED) is 0.234. The van der Waals surface area contributed by atoms with E-state index in [1.54, 1.807) is 24.3 Å². The first-order valence-corrected chi connectivity index (χ1v) is 12.3. The van der Waals surface area contributed by atoms with Gasteiger partial charge >= 0.3 is 12.3 Å². The van der Waals surface area contributed by atoms with Gasteiger partial charge in [-0.15, -0.1) is 13.2 Å². The van der Waals surface area contributed by atoms with Crippen LogP contribution in [0.2, 0.25) is 0 Å². The van der Waals surface area contributed by atoms with Crippen LogP contribution in [0, 0.1) is 0 Å². The Morgan fingerprint density at radius 2 is 1.46 bits per heavy atom. The Bertz CT molecular complexity index is 1400. The maximum absolute atomic E-state index is 12.5. The highest BCUT2D eigenvalue weighted by atomic mass is 19.4. The molecule has 0 heterocycles. The van der Waals surface area contributed by atoms with E-state index >= 15 is 0 Å². The minimum Gasteiger partial charge on any atom is -0.481 e. The average Bonchev–Trinajstić information content (AvgIpc) is 2.92. The Morgan fingerprint density at radius 3 is 2.10 bits per heavy atom. The lowest BCUT2D eigenvalue weighted by molar-refractivity contribution is -0.274. The maximum Gasteiger partial charge on any atom is 0.573 e. The Kier molecular flexibility index (Phi) is 8.66. The van der Waals surface area contributed by atoms with Gasteiger partial charge in [0.15, 0.2) is 0 Å². The van der Waals surface area contributed by atoms with E-state index in [0.29, 0.717) is 12.0 Å².